The number of nitrogens with two attached hydrogens (primary N) is 1. The first-order chi connectivity index (χ1) is 7.58. The van der Waals surface area contributed by atoms with Gasteiger partial charge in [-0.1, -0.05) is 12.1 Å². The lowest BCUT2D eigenvalue weighted by molar-refractivity contribution is 0.584. The van der Waals surface area contributed by atoms with Crippen LogP contribution in [0.25, 0.3) is 11.1 Å². The van der Waals surface area contributed by atoms with E-state index in [2.05, 4.69) is 0 Å². The van der Waals surface area contributed by atoms with Crippen LogP contribution in [0.15, 0.2) is 36.4 Å². The topological polar surface area (TPSA) is 26.0 Å². The van der Waals surface area contributed by atoms with Gasteiger partial charge in [-0.15, -0.1) is 0 Å². The van der Waals surface area contributed by atoms with E-state index in [0.717, 1.165) is 18.2 Å². The van der Waals surface area contributed by atoms with Gasteiger partial charge in [-0.05, 0) is 23.8 Å². The van der Waals surface area contributed by atoms with Crippen molar-refractivity contribution in [1.29, 1.82) is 0 Å². The molecule has 2 aromatic rings. The van der Waals surface area contributed by atoms with E-state index in [1.54, 1.807) is 0 Å². The lowest BCUT2D eigenvalue weighted by atomic mass is 10.0. The zero-order valence-corrected chi connectivity index (χ0v) is 8.18. The molecular weight excluding hydrogens is 215 g/mol. The van der Waals surface area contributed by atoms with Crippen LogP contribution in [0.1, 0.15) is 0 Å². The summed E-state index contributed by atoms with van der Waals surface area (Å²) in [6.45, 7) is 0. The second-order valence-electron chi connectivity index (χ2n) is 3.36. The Bertz CT molecular complexity index is 518. The standard InChI is InChI=1S/C12H8F3N/c13-8-4-7(5-9(14)6-8)10-2-1-3-11(15)12(10)16/h1-6H,16H2. The highest BCUT2D eigenvalue weighted by molar-refractivity contribution is 5.76. The highest BCUT2D eigenvalue weighted by atomic mass is 19.1. The summed E-state index contributed by atoms with van der Waals surface area (Å²) in [5, 5.41) is 0. The lowest BCUT2D eigenvalue weighted by Gasteiger charge is -2.06. The molecule has 16 heavy (non-hydrogen) atoms. The highest BCUT2D eigenvalue weighted by Gasteiger charge is 2.09. The average Bonchev–Trinajstić information content (AvgIpc) is 2.20. The highest BCUT2D eigenvalue weighted by Crippen LogP contribution is 2.28. The first-order valence-corrected chi connectivity index (χ1v) is 4.58. The molecule has 0 saturated heterocycles. The molecule has 0 radical (unpaired) electrons. The van der Waals surface area contributed by atoms with Crippen LogP contribution >= 0.6 is 0 Å². The van der Waals surface area contributed by atoms with Crippen molar-refractivity contribution in [2.45, 2.75) is 0 Å². The van der Waals surface area contributed by atoms with Crippen LogP contribution in [0.3, 0.4) is 0 Å². The van der Waals surface area contributed by atoms with Gasteiger partial charge in [0.15, 0.2) is 0 Å². The van der Waals surface area contributed by atoms with Crippen LogP contribution in [0.5, 0.6) is 0 Å². The largest absolute Gasteiger partial charge is 0.396 e. The van der Waals surface area contributed by atoms with E-state index in [-0.39, 0.29) is 16.8 Å². The van der Waals surface area contributed by atoms with Crippen LogP contribution in [-0.2, 0) is 0 Å². The third-order valence-electron chi connectivity index (χ3n) is 2.23. The first-order valence-electron chi connectivity index (χ1n) is 4.58. The molecule has 0 fully saturated rings. The van der Waals surface area contributed by atoms with E-state index in [0.29, 0.717) is 0 Å². The molecule has 82 valence electrons. The molecule has 2 rings (SSSR count). The Labute approximate surface area is 90.3 Å². The summed E-state index contributed by atoms with van der Waals surface area (Å²) in [5.74, 6) is -2.06. The smallest absolute Gasteiger partial charge is 0.146 e. The van der Waals surface area contributed by atoms with Gasteiger partial charge in [-0.2, -0.15) is 0 Å². The Morgan fingerprint density at radius 3 is 2.12 bits per heavy atom. The maximum atomic E-state index is 13.2. The minimum absolute atomic E-state index is 0.118. The van der Waals surface area contributed by atoms with Gasteiger partial charge in [0.1, 0.15) is 17.5 Å². The maximum Gasteiger partial charge on any atom is 0.146 e. The van der Waals surface area contributed by atoms with Crippen LogP contribution < -0.4 is 5.73 Å². The van der Waals surface area contributed by atoms with Crippen molar-refractivity contribution < 1.29 is 13.2 Å². The number of anilines is 1. The first kappa shape index (κ1) is 10.5. The lowest BCUT2D eigenvalue weighted by Crippen LogP contribution is -1.95. The van der Waals surface area contributed by atoms with E-state index >= 15 is 0 Å². The molecule has 0 amide bonds. The number of para-hydroxylation sites is 1. The van der Waals surface area contributed by atoms with Crippen molar-refractivity contribution in [3.05, 3.63) is 53.8 Å². The molecule has 0 unspecified atom stereocenters. The van der Waals surface area contributed by atoms with Crippen LogP contribution in [-0.4, -0.2) is 0 Å². The zero-order valence-electron chi connectivity index (χ0n) is 8.18. The molecule has 0 aromatic heterocycles. The van der Waals surface area contributed by atoms with Gasteiger partial charge in [0.25, 0.3) is 0 Å². The van der Waals surface area contributed by atoms with Gasteiger partial charge < -0.3 is 5.73 Å². The number of hydrogen-bond acceptors (Lipinski definition) is 1. The summed E-state index contributed by atoms with van der Waals surface area (Å²) in [5.41, 5.74) is 5.87. The van der Waals surface area contributed by atoms with Gasteiger partial charge in [-0.25, -0.2) is 13.2 Å². The molecule has 0 heterocycles. The van der Waals surface area contributed by atoms with E-state index in [1.165, 1.54) is 18.2 Å². The predicted octanol–water partition coefficient (Wildman–Crippen LogP) is 3.35. The van der Waals surface area contributed by atoms with E-state index < -0.39 is 17.5 Å². The molecule has 1 nitrogen and oxygen atoms in total. The maximum absolute atomic E-state index is 13.2. The zero-order chi connectivity index (χ0) is 11.7. The van der Waals surface area contributed by atoms with Gasteiger partial charge >= 0.3 is 0 Å². The Kier molecular flexibility index (Phi) is 2.56. The molecule has 4 heteroatoms. The Balaban J connectivity index is 2.63. The number of benzene rings is 2. The Hall–Kier alpha value is -1.97. The molecule has 0 aliphatic rings. The van der Waals surface area contributed by atoms with Gasteiger partial charge in [-0.3, -0.25) is 0 Å². The summed E-state index contributed by atoms with van der Waals surface area (Å²) in [7, 11) is 0. The molecular formula is C12H8F3N. The van der Waals surface area contributed by atoms with Crippen molar-refractivity contribution in [2.75, 3.05) is 5.73 Å². The average molecular weight is 223 g/mol. The summed E-state index contributed by atoms with van der Waals surface area (Å²) < 4.78 is 39.1. The normalized spacial score (nSPS) is 10.4. The van der Waals surface area contributed by atoms with Gasteiger partial charge in [0, 0.05) is 11.6 Å². The summed E-state index contributed by atoms with van der Waals surface area (Å²) >= 11 is 0. The quantitative estimate of drug-likeness (QED) is 0.737. The molecule has 2 N–H and O–H groups in total. The third kappa shape index (κ3) is 1.86. The van der Waals surface area contributed by atoms with Crippen LogP contribution in [0.4, 0.5) is 18.9 Å². The fourth-order valence-corrected chi connectivity index (χ4v) is 1.50. The Morgan fingerprint density at radius 1 is 0.875 bits per heavy atom. The van der Waals surface area contributed by atoms with Gasteiger partial charge in [0.2, 0.25) is 0 Å². The van der Waals surface area contributed by atoms with Crippen molar-refractivity contribution >= 4 is 5.69 Å². The second-order valence-corrected chi connectivity index (χ2v) is 3.36. The minimum atomic E-state index is -0.723. The third-order valence-corrected chi connectivity index (χ3v) is 2.23. The van der Waals surface area contributed by atoms with Crippen LogP contribution in [0.2, 0.25) is 0 Å². The molecule has 0 saturated carbocycles. The number of hydrogen-bond donors (Lipinski definition) is 1. The van der Waals surface area contributed by atoms with Gasteiger partial charge in [0.05, 0.1) is 5.69 Å². The van der Waals surface area contributed by atoms with Crippen molar-refractivity contribution in [3.63, 3.8) is 0 Å². The molecule has 0 bridgehead atoms. The fourth-order valence-electron chi connectivity index (χ4n) is 1.50. The SMILES string of the molecule is Nc1c(F)cccc1-c1cc(F)cc(F)c1. The van der Waals surface area contributed by atoms with Crippen molar-refractivity contribution in [3.8, 4) is 11.1 Å². The molecule has 0 atom stereocenters. The predicted molar refractivity (Wildman–Crippen MR) is 56.2 cm³/mol. The van der Waals surface area contributed by atoms with E-state index in [4.69, 9.17) is 5.73 Å². The van der Waals surface area contributed by atoms with E-state index in [9.17, 15) is 13.2 Å². The summed E-state index contributed by atoms with van der Waals surface area (Å²) in [6, 6.07) is 7.09. The number of nitrogen functional groups attached to an aromatic ring is 1. The summed E-state index contributed by atoms with van der Waals surface area (Å²) in [6.07, 6.45) is 0. The number of halogens is 3. The molecule has 0 spiro atoms. The number of rotatable bonds is 1. The molecule has 2 aromatic carbocycles. The second kappa shape index (κ2) is 3.89. The van der Waals surface area contributed by atoms with E-state index in [1.807, 2.05) is 0 Å². The molecule has 0 aliphatic heterocycles. The fraction of sp³-hybridized carbons (Fsp3) is 0. The summed E-state index contributed by atoms with van der Waals surface area (Å²) in [4.78, 5) is 0. The monoisotopic (exact) mass is 223 g/mol. The Morgan fingerprint density at radius 2 is 1.50 bits per heavy atom. The van der Waals surface area contributed by atoms with Crippen LogP contribution in [0, 0.1) is 17.5 Å². The van der Waals surface area contributed by atoms with Crippen molar-refractivity contribution in [2.24, 2.45) is 0 Å². The molecule has 0 aliphatic carbocycles. The minimum Gasteiger partial charge on any atom is -0.396 e. The van der Waals surface area contributed by atoms with Crippen molar-refractivity contribution in [1.82, 2.24) is 0 Å².